The number of nitrogens with zero attached hydrogens (tertiary/aromatic N) is 3. The van der Waals surface area contributed by atoms with E-state index >= 15 is 0 Å². The summed E-state index contributed by atoms with van der Waals surface area (Å²) in [5.41, 5.74) is 0.437. The second kappa shape index (κ2) is 8.37. The maximum absolute atomic E-state index is 12.3. The number of piperidine rings is 1. The van der Waals surface area contributed by atoms with Crippen molar-refractivity contribution in [1.29, 1.82) is 0 Å². The first-order valence-corrected chi connectivity index (χ1v) is 9.05. The zero-order valence-corrected chi connectivity index (χ0v) is 16.5. The number of rotatable bonds is 5. The normalized spacial score (nSPS) is 20.7. The number of nitro groups is 1. The van der Waals surface area contributed by atoms with Gasteiger partial charge in [-0.05, 0) is 37.3 Å². The SMILES string of the molecule is CC1CC(C)CN(c2ccc(C(=O)OC(C)C(=O)N(C)C)cc2[N+](=O)[O-])C1. The van der Waals surface area contributed by atoms with E-state index in [0.29, 0.717) is 17.5 Å². The molecule has 1 fully saturated rings. The highest BCUT2D eigenvalue weighted by molar-refractivity contribution is 5.93. The van der Waals surface area contributed by atoms with Crippen LogP contribution in [0.5, 0.6) is 0 Å². The van der Waals surface area contributed by atoms with Gasteiger partial charge in [0.1, 0.15) is 5.69 Å². The van der Waals surface area contributed by atoms with Crippen molar-refractivity contribution in [2.24, 2.45) is 11.8 Å². The number of anilines is 1. The minimum atomic E-state index is -0.963. The van der Waals surface area contributed by atoms with E-state index in [0.717, 1.165) is 19.5 Å². The number of carbonyl (C=O) groups excluding carboxylic acids is 2. The molecule has 8 heteroatoms. The predicted octanol–water partition coefficient (Wildman–Crippen LogP) is 2.71. The maximum Gasteiger partial charge on any atom is 0.339 e. The number of carbonyl (C=O) groups is 2. The summed E-state index contributed by atoms with van der Waals surface area (Å²) < 4.78 is 5.15. The fourth-order valence-corrected chi connectivity index (χ4v) is 3.57. The van der Waals surface area contributed by atoms with Gasteiger partial charge in [0.25, 0.3) is 11.6 Å². The number of esters is 1. The van der Waals surface area contributed by atoms with Crippen molar-refractivity contribution in [2.45, 2.75) is 33.3 Å². The summed E-state index contributed by atoms with van der Waals surface area (Å²) in [7, 11) is 3.12. The molecule has 1 saturated heterocycles. The lowest BCUT2D eigenvalue weighted by molar-refractivity contribution is -0.384. The van der Waals surface area contributed by atoms with E-state index in [4.69, 9.17) is 4.74 Å². The zero-order valence-electron chi connectivity index (χ0n) is 16.5. The Hall–Kier alpha value is -2.64. The number of hydrogen-bond acceptors (Lipinski definition) is 6. The molecular formula is C19H27N3O5. The Morgan fingerprint density at radius 1 is 1.26 bits per heavy atom. The topological polar surface area (TPSA) is 93.0 Å². The van der Waals surface area contributed by atoms with E-state index < -0.39 is 17.0 Å². The van der Waals surface area contributed by atoms with Crippen LogP contribution in [0.3, 0.4) is 0 Å². The third kappa shape index (κ3) is 4.96. The average molecular weight is 377 g/mol. The molecule has 1 aliphatic rings. The Balaban J connectivity index is 2.26. The van der Waals surface area contributed by atoms with E-state index in [9.17, 15) is 19.7 Å². The first kappa shape index (κ1) is 20.7. The number of likely N-dealkylation sites (N-methyl/N-ethyl adjacent to an activating group) is 1. The second-order valence-electron chi connectivity index (χ2n) is 7.59. The lowest BCUT2D eigenvalue weighted by atomic mass is 9.91. The lowest BCUT2D eigenvalue weighted by Gasteiger charge is -2.36. The molecule has 27 heavy (non-hydrogen) atoms. The minimum Gasteiger partial charge on any atom is -0.449 e. The zero-order chi connectivity index (χ0) is 20.3. The molecule has 0 spiro atoms. The molecule has 1 amide bonds. The molecule has 1 heterocycles. The molecule has 0 aliphatic carbocycles. The van der Waals surface area contributed by atoms with Gasteiger partial charge in [-0.25, -0.2) is 4.79 Å². The maximum atomic E-state index is 12.3. The van der Waals surface area contributed by atoms with E-state index in [2.05, 4.69) is 13.8 Å². The molecule has 0 N–H and O–H groups in total. The summed E-state index contributed by atoms with van der Waals surface area (Å²) in [6, 6.07) is 4.34. The predicted molar refractivity (Wildman–Crippen MR) is 102 cm³/mol. The van der Waals surface area contributed by atoms with Gasteiger partial charge in [0.05, 0.1) is 10.5 Å². The van der Waals surface area contributed by atoms with Gasteiger partial charge in [-0.1, -0.05) is 13.8 Å². The van der Waals surface area contributed by atoms with E-state index in [-0.39, 0.29) is 17.2 Å². The van der Waals surface area contributed by atoms with Gasteiger partial charge in [-0.2, -0.15) is 0 Å². The van der Waals surface area contributed by atoms with Crippen molar-refractivity contribution in [3.05, 3.63) is 33.9 Å². The van der Waals surface area contributed by atoms with Crippen LogP contribution in [-0.4, -0.2) is 55.0 Å². The standard InChI is InChI=1S/C19H27N3O5/c1-12-8-13(2)11-21(10-12)16-7-6-15(9-17(16)22(25)26)19(24)27-14(3)18(23)20(4)5/h6-7,9,12-14H,8,10-11H2,1-5H3. The van der Waals surface area contributed by atoms with Crippen LogP contribution >= 0.6 is 0 Å². The van der Waals surface area contributed by atoms with Gasteiger partial charge in [0.15, 0.2) is 6.10 Å². The highest BCUT2D eigenvalue weighted by atomic mass is 16.6. The largest absolute Gasteiger partial charge is 0.449 e. The highest BCUT2D eigenvalue weighted by Crippen LogP contribution is 2.34. The number of amides is 1. The van der Waals surface area contributed by atoms with Gasteiger partial charge in [-0.3, -0.25) is 14.9 Å². The van der Waals surface area contributed by atoms with Crippen molar-refractivity contribution in [3.8, 4) is 0 Å². The van der Waals surface area contributed by atoms with Gasteiger partial charge < -0.3 is 14.5 Å². The molecule has 0 bridgehead atoms. The van der Waals surface area contributed by atoms with Gasteiger partial charge in [0.2, 0.25) is 0 Å². The van der Waals surface area contributed by atoms with Crippen molar-refractivity contribution in [3.63, 3.8) is 0 Å². The lowest BCUT2D eigenvalue weighted by Crippen LogP contribution is -2.39. The van der Waals surface area contributed by atoms with Gasteiger partial charge >= 0.3 is 5.97 Å². The Kier molecular flexibility index (Phi) is 6.41. The molecule has 0 aromatic heterocycles. The summed E-state index contributed by atoms with van der Waals surface area (Å²) in [6.45, 7) is 7.21. The Morgan fingerprint density at radius 2 is 1.85 bits per heavy atom. The number of ether oxygens (including phenoxy) is 1. The Labute approximate surface area is 159 Å². The summed E-state index contributed by atoms with van der Waals surface area (Å²) >= 11 is 0. The molecule has 0 saturated carbocycles. The summed E-state index contributed by atoms with van der Waals surface area (Å²) in [6.07, 6.45) is 0.127. The van der Waals surface area contributed by atoms with Crippen LogP contribution in [-0.2, 0) is 9.53 Å². The number of hydrogen-bond donors (Lipinski definition) is 0. The fourth-order valence-electron chi connectivity index (χ4n) is 3.57. The summed E-state index contributed by atoms with van der Waals surface area (Å²) in [5.74, 6) is -0.231. The molecule has 1 aliphatic heterocycles. The van der Waals surface area contributed by atoms with Crippen LogP contribution in [0.25, 0.3) is 0 Å². The van der Waals surface area contributed by atoms with Crippen molar-refractivity contribution in [2.75, 3.05) is 32.1 Å². The van der Waals surface area contributed by atoms with Crippen LogP contribution < -0.4 is 4.90 Å². The summed E-state index contributed by atoms with van der Waals surface area (Å²) in [4.78, 5) is 38.6. The molecule has 8 nitrogen and oxygen atoms in total. The van der Waals surface area contributed by atoms with Crippen molar-refractivity contribution >= 4 is 23.3 Å². The summed E-state index contributed by atoms with van der Waals surface area (Å²) in [5, 5.41) is 11.6. The molecule has 1 aromatic carbocycles. The van der Waals surface area contributed by atoms with Crippen LogP contribution in [0.4, 0.5) is 11.4 Å². The third-order valence-electron chi connectivity index (χ3n) is 4.69. The molecule has 0 radical (unpaired) electrons. The van der Waals surface area contributed by atoms with Crippen LogP contribution in [0.2, 0.25) is 0 Å². The fraction of sp³-hybridized carbons (Fsp3) is 0.579. The first-order chi connectivity index (χ1) is 12.6. The van der Waals surface area contributed by atoms with Crippen LogP contribution in [0.15, 0.2) is 18.2 Å². The van der Waals surface area contributed by atoms with Gasteiger partial charge in [0, 0.05) is 33.3 Å². The minimum absolute atomic E-state index is 0.0574. The van der Waals surface area contributed by atoms with E-state index in [1.165, 1.54) is 24.0 Å². The van der Waals surface area contributed by atoms with Gasteiger partial charge in [-0.15, -0.1) is 0 Å². The van der Waals surface area contributed by atoms with Crippen molar-refractivity contribution in [1.82, 2.24) is 4.90 Å². The van der Waals surface area contributed by atoms with Crippen LogP contribution in [0.1, 0.15) is 37.6 Å². The molecular weight excluding hydrogens is 350 g/mol. The number of nitro benzene ring substituents is 1. The van der Waals surface area contributed by atoms with Crippen LogP contribution in [0, 0.1) is 22.0 Å². The van der Waals surface area contributed by atoms with Crippen molar-refractivity contribution < 1.29 is 19.2 Å². The smallest absolute Gasteiger partial charge is 0.339 e. The third-order valence-corrected chi connectivity index (χ3v) is 4.69. The molecule has 1 aromatic rings. The van der Waals surface area contributed by atoms with E-state index in [1.807, 2.05) is 4.90 Å². The monoisotopic (exact) mass is 377 g/mol. The molecule has 148 valence electrons. The Bertz CT molecular complexity index is 724. The highest BCUT2D eigenvalue weighted by Gasteiger charge is 2.29. The quantitative estimate of drug-likeness (QED) is 0.445. The first-order valence-electron chi connectivity index (χ1n) is 9.05. The molecule has 3 unspecified atom stereocenters. The molecule has 3 atom stereocenters. The molecule has 2 rings (SSSR count). The average Bonchev–Trinajstić information content (AvgIpc) is 2.59. The second-order valence-corrected chi connectivity index (χ2v) is 7.59. The number of benzene rings is 1. The Morgan fingerprint density at radius 3 is 2.37 bits per heavy atom. The van der Waals surface area contributed by atoms with E-state index in [1.54, 1.807) is 20.2 Å².